The zero-order valence-electron chi connectivity index (χ0n) is 30.6. The van der Waals surface area contributed by atoms with E-state index in [0.717, 1.165) is 35.7 Å². The summed E-state index contributed by atoms with van der Waals surface area (Å²) in [6.45, 7) is 5.30. The Morgan fingerprint density at radius 2 is 0.957 bits per heavy atom. The van der Waals surface area contributed by atoms with Crippen molar-refractivity contribution in [3.05, 3.63) is 65.7 Å². The normalized spacial score (nSPS) is 11.4. The number of carbonyl (C=O) groups is 1. The number of benzene rings is 2. The van der Waals surface area contributed by atoms with Crippen LogP contribution in [0.4, 0.5) is 0 Å². The third-order valence-corrected chi connectivity index (χ3v) is 10.3. The highest BCUT2D eigenvalue weighted by Gasteiger charge is 2.03. The molecule has 0 radical (unpaired) electrons. The van der Waals surface area contributed by atoms with Crippen LogP contribution in [0.3, 0.4) is 0 Å². The molecule has 0 fully saturated rings. The van der Waals surface area contributed by atoms with Gasteiger partial charge in [-0.2, -0.15) is 0 Å². The maximum absolute atomic E-state index is 12.7. The van der Waals surface area contributed by atoms with Gasteiger partial charge >= 0.3 is 0 Å². The summed E-state index contributed by atoms with van der Waals surface area (Å²) in [5.74, 6) is 2.10. The standard InChI is InChI=1S/C44H70O2S/c1-3-5-7-9-10-11-12-13-14-15-16-17-18-19-20-21-22-23-25-27-39-47-43-35-31-41(32-36-43)44(45)37-30-40-28-33-42(34-29-40)46-38-26-24-8-6-4-2/h28-37H,3-27,38-39H2,1-2H3/b37-30+. The van der Waals surface area contributed by atoms with E-state index in [4.69, 9.17) is 4.74 Å². The first-order valence-electron chi connectivity index (χ1n) is 19.9. The van der Waals surface area contributed by atoms with Crippen LogP contribution in [0.25, 0.3) is 6.08 Å². The zero-order chi connectivity index (χ0) is 33.5. The molecular weight excluding hydrogens is 593 g/mol. The van der Waals surface area contributed by atoms with Gasteiger partial charge in [0, 0.05) is 10.5 Å². The highest BCUT2D eigenvalue weighted by molar-refractivity contribution is 7.99. The van der Waals surface area contributed by atoms with Crippen LogP contribution in [-0.4, -0.2) is 18.1 Å². The highest BCUT2D eigenvalue weighted by atomic mass is 32.2. The smallest absolute Gasteiger partial charge is 0.185 e. The first-order chi connectivity index (χ1) is 23.2. The zero-order valence-corrected chi connectivity index (χ0v) is 31.4. The van der Waals surface area contributed by atoms with E-state index in [9.17, 15) is 4.79 Å². The highest BCUT2D eigenvalue weighted by Crippen LogP contribution is 2.22. The molecule has 0 amide bonds. The molecule has 0 atom stereocenters. The van der Waals surface area contributed by atoms with Crippen LogP contribution in [0.2, 0.25) is 0 Å². The van der Waals surface area contributed by atoms with Crippen molar-refractivity contribution in [3.8, 4) is 5.75 Å². The minimum Gasteiger partial charge on any atom is -0.494 e. The monoisotopic (exact) mass is 663 g/mol. The van der Waals surface area contributed by atoms with Crippen molar-refractivity contribution >= 4 is 23.6 Å². The van der Waals surface area contributed by atoms with E-state index < -0.39 is 0 Å². The number of hydrogen-bond acceptors (Lipinski definition) is 3. The summed E-state index contributed by atoms with van der Waals surface area (Å²) in [7, 11) is 0. The van der Waals surface area contributed by atoms with E-state index in [1.807, 2.05) is 54.2 Å². The minimum atomic E-state index is 0.0445. The SMILES string of the molecule is CCCCCCCCCCCCCCCCCCCCCCSc1ccc(C(=O)/C=C/c2ccc(OCCCCCCC)cc2)cc1. The van der Waals surface area contributed by atoms with Crippen LogP contribution in [0.5, 0.6) is 5.75 Å². The topological polar surface area (TPSA) is 26.3 Å². The number of carbonyl (C=O) groups excluding carboxylic acids is 1. The van der Waals surface area contributed by atoms with E-state index >= 15 is 0 Å². The molecule has 264 valence electrons. The van der Waals surface area contributed by atoms with Crippen molar-refractivity contribution in [2.45, 2.75) is 179 Å². The molecular formula is C44H70O2S. The molecule has 0 aromatic heterocycles. The first-order valence-corrected chi connectivity index (χ1v) is 20.9. The van der Waals surface area contributed by atoms with Crippen LogP contribution in [0.1, 0.15) is 190 Å². The quantitative estimate of drug-likeness (QED) is 0.0337. The Kier molecular flexibility index (Phi) is 26.4. The lowest BCUT2D eigenvalue weighted by atomic mass is 10.0. The summed E-state index contributed by atoms with van der Waals surface area (Å²) in [4.78, 5) is 13.9. The fourth-order valence-corrected chi connectivity index (χ4v) is 7.01. The number of ether oxygens (including phenoxy) is 1. The molecule has 0 aliphatic carbocycles. The van der Waals surface area contributed by atoms with E-state index in [2.05, 4.69) is 26.0 Å². The largest absolute Gasteiger partial charge is 0.494 e. The second kappa shape index (κ2) is 30.1. The maximum Gasteiger partial charge on any atom is 0.185 e. The molecule has 0 spiro atoms. The van der Waals surface area contributed by atoms with Gasteiger partial charge in [-0.3, -0.25) is 4.79 Å². The fourth-order valence-electron chi connectivity index (χ4n) is 6.10. The molecule has 0 saturated carbocycles. The van der Waals surface area contributed by atoms with Crippen molar-refractivity contribution in [3.63, 3.8) is 0 Å². The molecule has 2 aromatic carbocycles. The van der Waals surface area contributed by atoms with Gasteiger partial charge in [-0.25, -0.2) is 0 Å². The Labute approximate surface area is 295 Å². The molecule has 0 aliphatic heterocycles. The summed E-state index contributed by atoms with van der Waals surface area (Å²) in [5.41, 5.74) is 1.75. The van der Waals surface area contributed by atoms with E-state index in [1.165, 1.54) is 159 Å². The van der Waals surface area contributed by atoms with Gasteiger partial charge in [0.1, 0.15) is 5.75 Å². The predicted molar refractivity (Wildman–Crippen MR) is 209 cm³/mol. The van der Waals surface area contributed by atoms with E-state index in [1.54, 1.807) is 6.08 Å². The average Bonchev–Trinajstić information content (AvgIpc) is 3.10. The number of rotatable bonds is 32. The van der Waals surface area contributed by atoms with Crippen molar-refractivity contribution < 1.29 is 9.53 Å². The number of hydrogen-bond donors (Lipinski definition) is 0. The van der Waals surface area contributed by atoms with Crippen LogP contribution < -0.4 is 4.74 Å². The molecule has 0 bridgehead atoms. The summed E-state index contributed by atoms with van der Waals surface area (Å²) in [5, 5.41) is 0. The summed E-state index contributed by atoms with van der Waals surface area (Å²) in [6, 6.07) is 16.1. The van der Waals surface area contributed by atoms with Gasteiger partial charge in [0.15, 0.2) is 5.78 Å². The van der Waals surface area contributed by atoms with E-state index in [0.29, 0.717) is 0 Å². The lowest BCUT2D eigenvalue weighted by molar-refractivity contribution is 0.104. The van der Waals surface area contributed by atoms with Crippen LogP contribution in [0, 0.1) is 0 Å². The van der Waals surface area contributed by atoms with Gasteiger partial charge in [-0.05, 0) is 66.6 Å². The molecule has 2 aromatic rings. The predicted octanol–water partition coefficient (Wildman–Crippen LogP) is 14.8. The van der Waals surface area contributed by atoms with Crippen LogP contribution in [0.15, 0.2) is 59.5 Å². The van der Waals surface area contributed by atoms with Crippen molar-refractivity contribution in [2.75, 3.05) is 12.4 Å². The van der Waals surface area contributed by atoms with Gasteiger partial charge in [-0.1, -0.05) is 180 Å². The third-order valence-electron chi connectivity index (χ3n) is 9.23. The molecule has 0 heterocycles. The molecule has 2 nitrogen and oxygen atoms in total. The fraction of sp³-hybridized carbons (Fsp3) is 0.659. The Bertz CT molecular complexity index is 1010. The van der Waals surface area contributed by atoms with Gasteiger partial charge in [0.25, 0.3) is 0 Å². The molecule has 3 heteroatoms. The Morgan fingerprint density at radius 1 is 0.532 bits per heavy atom. The lowest BCUT2D eigenvalue weighted by Gasteiger charge is -2.06. The molecule has 2 rings (SSSR count). The molecule has 47 heavy (non-hydrogen) atoms. The molecule has 0 unspecified atom stereocenters. The van der Waals surface area contributed by atoms with Gasteiger partial charge in [0.2, 0.25) is 0 Å². The molecule has 0 N–H and O–H groups in total. The van der Waals surface area contributed by atoms with Crippen LogP contribution in [-0.2, 0) is 0 Å². The Balaban J connectivity index is 1.41. The van der Waals surface area contributed by atoms with Gasteiger partial charge in [-0.15, -0.1) is 11.8 Å². The van der Waals surface area contributed by atoms with Gasteiger partial charge in [0.05, 0.1) is 6.61 Å². The Morgan fingerprint density at radius 3 is 1.43 bits per heavy atom. The van der Waals surface area contributed by atoms with Crippen LogP contribution >= 0.6 is 11.8 Å². The second-order valence-corrected chi connectivity index (χ2v) is 14.8. The molecule has 0 aliphatic rings. The third kappa shape index (κ3) is 23.1. The Hall–Kier alpha value is -2.00. The lowest BCUT2D eigenvalue weighted by Crippen LogP contribution is -1.97. The van der Waals surface area contributed by atoms with E-state index in [-0.39, 0.29) is 5.78 Å². The maximum atomic E-state index is 12.7. The summed E-state index contributed by atoms with van der Waals surface area (Å²) >= 11 is 1.91. The van der Waals surface area contributed by atoms with Crippen molar-refractivity contribution in [1.82, 2.24) is 0 Å². The number of thioether (sulfide) groups is 1. The summed E-state index contributed by atoms with van der Waals surface area (Å²) < 4.78 is 5.85. The first kappa shape index (κ1) is 41.2. The van der Waals surface area contributed by atoms with Crippen molar-refractivity contribution in [1.29, 1.82) is 0 Å². The summed E-state index contributed by atoms with van der Waals surface area (Å²) in [6.07, 6.45) is 38.2. The average molecular weight is 663 g/mol. The van der Waals surface area contributed by atoms with Crippen molar-refractivity contribution in [2.24, 2.45) is 0 Å². The number of allylic oxidation sites excluding steroid dienone is 1. The molecule has 0 saturated heterocycles. The number of ketones is 1. The number of unbranched alkanes of at least 4 members (excludes halogenated alkanes) is 23. The second-order valence-electron chi connectivity index (χ2n) is 13.6. The van der Waals surface area contributed by atoms with Gasteiger partial charge < -0.3 is 4.74 Å². The minimum absolute atomic E-state index is 0.0445.